The molecule has 1 aliphatic heterocycles. The Morgan fingerprint density at radius 2 is 1.58 bits per heavy atom. The summed E-state index contributed by atoms with van der Waals surface area (Å²) < 4.78 is 1.77. The van der Waals surface area contributed by atoms with Gasteiger partial charge >= 0.3 is 0 Å². The van der Waals surface area contributed by atoms with Crippen LogP contribution in [0.25, 0.3) is 5.70 Å². The minimum absolute atomic E-state index is 0.207. The third-order valence-electron chi connectivity index (χ3n) is 5.37. The molecule has 164 valence electrons. The maximum Gasteiger partial charge on any atom is 0.258 e. The number of carbonyl (C=O) groups is 1. The van der Waals surface area contributed by atoms with Crippen molar-refractivity contribution in [3.8, 4) is 0 Å². The molecule has 0 spiro atoms. The van der Waals surface area contributed by atoms with Crippen LogP contribution in [-0.2, 0) is 0 Å². The van der Waals surface area contributed by atoms with Crippen LogP contribution in [0.15, 0.2) is 78.9 Å². The first-order chi connectivity index (χ1) is 16.0. The molecule has 8 heteroatoms. The monoisotopic (exact) mass is 475 g/mol. The Balaban J connectivity index is 1.50. The highest BCUT2D eigenvalue weighted by atomic mass is 35.5. The van der Waals surface area contributed by atoms with Crippen molar-refractivity contribution < 1.29 is 4.79 Å². The number of halogens is 2. The highest BCUT2D eigenvalue weighted by Gasteiger charge is 2.26. The number of hydrogen-bond donors (Lipinski definition) is 2. The molecule has 0 saturated carbocycles. The Labute approximate surface area is 200 Å². The van der Waals surface area contributed by atoms with Crippen molar-refractivity contribution >= 4 is 46.7 Å². The van der Waals surface area contributed by atoms with Gasteiger partial charge in [0, 0.05) is 21.3 Å². The maximum atomic E-state index is 12.7. The predicted octanol–water partition coefficient (Wildman–Crippen LogP) is 6.20. The first-order valence-corrected chi connectivity index (χ1v) is 11.1. The van der Waals surface area contributed by atoms with E-state index in [2.05, 4.69) is 51.1 Å². The zero-order valence-electron chi connectivity index (χ0n) is 17.6. The van der Waals surface area contributed by atoms with Crippen molar-refractivity contribution in [1.29, 1.82) is 0 Å². The van der Waals surface area contributed by atoms with Gasteiger partial charge in [0.25, 0.3) is 11.9 Å². The number of nitrogens with zero attached hydrogens (tertiary/aromatic N) is 3. The molecule has 5 rings (SSSR count). The lowest BCUT2D eigenvalue weighted by molar-refractivity contribution is 0.102. The zero-order chi connectivity index (χ0) is 22.9. The summed E-state index contributed by atoms with van der Waals surface area (Å²) in [5.41, 5.74) is 4.54. The first-order valence-electron chi connectivity index (χ1n) is 10.3. The molecule has 0 aliphatic carbocycles. The molecule has 2 N–H and O–H groups in total. The summed E-state index contributed by atoms with van der Waals surface area (Å²) in [6.45, 7) is 2.05. The van der Waals surface area contributed by atoms with E-state index in [1.54, 1.807) is 28.9 Å². The number of anilines is 2. The molecular weight excluding hydrogens is 457 g/mol. The van der Waals surface area contributed by atoms with Gasteiger partial charge in [0.2, 0.25) is 5.95 Å². The molecule has 1 aliphatic rings. The van der Waals surface area contributed by atoms with E-state index in [1.807, 2.05) is 31.2 Å². The molecule has 33 heavy (non-hydrogen) atoms. The van der Waals surface area contributed by atoms with E-state index in [4.69, 9.17) is 23.2 Å². The van der Waals surface area contributed by atoms with Crippen LogP contribution in [-0.4, -0.2) is 20.7 Å². The number of aryl methyl sites for hydroxylation is 1. The van der Waals surface area contributed by atoms with E-state index in [-0.39, 0.29) is 17.9 Å². The third-order valence-corrected chi connectivity index (χ3v) is 5.88. The highest BCUT2D eigenvalue weighted by Crippen LogP contribution is 2.33. The second-order valence-corrected chi connectivity index (χ2v) is 8.61. The molecule has 0 fully saturated rings. The summed E-state index contributed by atoms with van der Waals surface area (Å²) in [7, 11) is 0. The normalized spacial score (nSPS) is 14.8. The van der Waals surface area contributed by atoms with E-state index in [1.165, 1.54) is 5.56 Å². The highest BCUT2D eigenvalue weighted by molar-refractivity contribution is 6.31. The predicted molar refractivity (Wildman–Crippen MR) is 132 cm³/mol. The number of rotatable bonds is 4. The van der Waals surface area contributed by atoms with Gasteiger partial charge in [0.1, 0.15) is 6.04 Å². The van der Waals surface area contributed by atoms with Gasteiger partial charge in [-0.1, -0.05) is 65.2 Å². The smallest absolute Gasteiger partial charge is 0.258 e. The number of nitrogens with one attached hydrogen (secondary N) is 2. The Kier molecular flexibility index (Phi) is 5.62. The number of amides is 1. The van der Waals surface area contributed by atoms with Gasteiger partial charge in [-0.05, 0) is 60.5 Å². The molecule has 0 bridgehead atoms. The van der Waals surface area contributed by atoms with Crippen LogP contribution < -0.4 is 10.6 Å². The zero-order valence-corrected chi connectivity index (χ0v) is 19.1. The number of hydrogen-bond acceptors (Lipinski definition) is 4. The fourth-order valence-corrected chi connectivity index (χ4v) is 3.87. The van der Waals surface area contributed by atoms with Gasteiger partial charge in [0.05, 0.1) is 0 Å². The van der Waals surface area contributed by atoms with Gasteiger partial charge in [-0.2, -0.15) is 4.98 Å². The van der Waals surface area contributed by atoms with Gasteiger partial charge in [-0.3, -0.25) is 10.1 Å². The summed E-state index contributed by atoms with van der Waals surface area (Å²) in [4.78, 5) is 17.2. The van der Waals surface area contributed by atoms with Crippen molar-refractivity contribution in [3.05, 3.63) is 111 Å². The van der Waals surface area contributed by atoms with Crippen LogP contribution in [0, 0.1) is 6.92 Å². The molecule has 0 unspecified atom stereocenters. The Bertz CT molecular complexity index is 1340. The van der Waals surface area contributed by atoms with Crippen LogP contribution >= 0.6 is 23.2 Å². The van der Waals surface area contributed by atoms with E-state index in [0.717, 1.165) is 16.8 Å². The Morgan fingerprint density at radius 3 is 2.24 bits per heavy atom. The van der Waals surface area contributed by atoms with E-state index in [0.29, 0.717) is 21.6 Å². The molecule has 0 radical (unpaired) electrons. The largest absolute Gasteiger partial charge is 0.324 e. The second-order valence-electron chi connectivity index (χ2n) is 7.73. The van der Waals surface area contributed by atoms with Crippen LogP contribution in [0.3, 0.4) is 0 Å². The van der Waals surface area contributed by atoms with E-state index < -0.39 is 0 Å². The van der Waals surface area contributed by atoms with Crippen molar-refractivity contribution in [3.63, 3.8) is 0 Å². The minimum Gasteiger partial charge on any atom is -0.324 e. The fourth-order valence-electron chi connectivity index (χ4n) is 3.62. The summed E-state index contributed by atoms with van der Waals surface area (Å²) in [6, 6.07) is 22.3. The van der Waals surface area contributed by atoms with Crippen LogP contribution in [0.4, 0.5) is 11.9 Å². The topological polar surface area (TPSA) is 71.8 Å². The van der Waals surface area contributed by atoms with E-state index in [9.17, 15) is 4.79 Å². The molecule has 3 aromatic carbocycles. The molecule has 6 nitrogen and oxygen atoms in total. The van der Waals surface area contributed by atoms with Gasteiger partial charge < -0.3 is 5.32 Å². The van der Waals surface area contributed by atoms with Crippen molar-refractivity contribution in [1.82, 2.24) is 14.8 Å². The van der Waals surface area contributed by atoms with Gasteiger partial charge in [0.15, 0.2) is 0 Å². The second kappa shape index (κ2) is 8.73. The lowest BCUT2D eigenvalue weighted by atomic mass is 10.0. The van der Waals surface area contributed by atoms with E-state index >= 15 is 0 Å². The first kappa shape index (κ1) is 21.2. The molecule has 4 aromatic rings. The van der Waals surface area contributed by atoms with Crippen LogP contribution in [0.1, 0.15) is 33.1 Å². The van der Waals surface area contributed by atoms with Crippen LogP contribution in [0.5, 0.6) is 0 Å². The Morgan fingerprint density at radius 1 is 0.939 bits per heavy atom. The minimum atomic E-state index is -0.313. The van der Waals surface area contributed by atoms with Crippen molar-refractivity contribution in [2.24, 2.45) is 0 Å². The molecule has 2 heterocycles. The fraction of sp³-hybridized carbons (Fsp3) is 0.0800. The van der Waals surface area contributed by atoms with Crippen molar-refractivity contribution in [2.45, 2.75) is 13.0 Å². The molecule has 1 aromatic heterocycles. The lowest BCUT2D eigenvalue weighted by Gasteiger charge is -2.24. The number of carbonyl (C=O) groups excluding carboxylic acids is 1. The Hall–Kier alpha value is -3.61. The molecular formula is C25H19Cl2N5O. The number of allylic oxidation sites excluding steroid dienone is 1. The summed E-state index contributed by atoms with van der Waals surface area (Å²) >= 11 is 12.0. The summed E-state index contributed by atoms with van der Waals surface area (Å²) in [5.74, 6) is 0.423. The summed E-state index contributed by atoms with van der Waals surface area (Å²) in [5, 5.41) is 11.9. The molecule has 1 atom stereocenters. The van der Waals surface area contributed by atoms with Gasteiger partial charge in [-0.25, -0.2) is 4.68 Å². The van der Waals surface area contributed by atoms with Crippen molar-refractivity contribution in [2.75, 3.05) is 10.6 Å². The molecule has 0 saturated heterocycles. The average Bonchev–Trinajstić information content (AvgIpc) is 3.22. The molecule has 1 amide bonds. The number of aromatic nitrogens is 3. The SMILES string of the molecule is Cc1ccc([C@H]2C=C(c3ccc(Cl)cc3)Nc3nc(NC(=O)c4ccc(Cl)cc4)nn32)cc1. The number of fused-ring (bicyclic) bond motifs is 1. The van der Waals surface area contributed by atoms with Gasteiger partial charge in [-0.15, -0.1) is 5.10 Å². The third kappa shape index (κ3) is 4.49. The van der Waals surface area contributed by atoms with Crippen LogP contribution in [0.2, 0.25) is 10.0 Å². The maximum absolute atomic E-state index is 12.7. The summed E-state index contributed by atoms with van der Waals surface area (Å²) in [6.07, 6.45) is 2.08. The standard InChI is InChI=1S/C25H19Cl2N5O/c1-15-2-4-17(5-3-15)22-14-21(16-6-10-19(26)11-7-16)28-25-30-24(31-32(22)25)29-23(33)18-8-12-20(27)13-9-18/h2-14,22H,1H3,(H2,28,29,30,31,33)/t22-/m1/s1. The lowest BCUT2D eigenvalue weighted by Crippen LogP contribution is -2.20. The number of benzene rings is 3. The average molecular weight is 476 g/mol. The quantitative estimate of drug-likeness (QED) is 0.368.